The number of benzene rings is 2. The number of rotatable bonds is 5. The zero-order valence-electron chi connectivity index (χ0n) is 15.4. The average molecular weight is 584 g/mol. The molecule has 159 valence electrons. The monoisotopic (exact) mass is 583 g/mol. The van der Waals surface area contributed by atoms with Crippen molar-refractivity contribution in [3.8, 4) is 0 Å². The van der Waals surface area contributed by atoms with Gasteiger partial charge in [0.05, 0.1) is 16.7 Å². The van der Waals surface area contributed by atoms with Crippen LogP contribution in [0.1, 0.15) is 20.8 Å². The number of para-hydroxylation sites is 2. The summed E-state index contributed by atoms with van der Waals surface area (Å²) in [5, 5.41) is 15.6. The smallest absolute Gasteiger partial charge is 0.693 e. The Morgan fingerprint density at radius 3 is 1.96 bits per heavy atom. The molecule has 0 aliphatic heterocycles. The average Bonchev–Trinajstić information content (AvgIpc) is 2.68. The van der Waals surface area contributed by atoms with E-state index < -0.39 is 0 Å². The van der Waals surface area contributed by atoms with Crippen LogP contribution in [0.25, 0.3) is 39.5 Å². The van der Waals surface area contributed by atoms with E-state index in [1.807, 2.05) is 55.3 Å². The second kappa shape index (κ2) is 14.3. The number of pyridine rings is 1. The van der Waals surface area contributed by atoms with Crippen LogP contribution in [0.15, 0.2) is 48.5 Å². The number of aromatic nitrogens is 1. The van der Waals surface area contributed by atoms with Gasteiger partial charge in [-0.3, -0.25) is 0 Å². The van der Waals surface area contributed by atoms with Gasteiger partial charge in [0.15, 0.2) is 0 Å². The van der Waals surface area contributed by atoms with E-state index in [0.717, 1.165) is 40.6 Å². The number of nitrogens with one attached hydrogen (secondary N) is 1. The van der Waals surface area contributed by atoms with Crippen LogP contribution in [0.2, 0.25) is 0 Å². The minimum Gasteiger partial charge on any atom is -0.693 e. The Kier molecular flexibility index (Phi) is 14.5. The van der Waals surface area contributed by atoms with E-state index in [1.54, 1.807) is 18.8 Å². The summed E-state index contributed by atoms with van der Waals surface area (Å²) in [5.41, 5.74) is 3.09. The van der Waals surface area contributed by atoms with Gasteiger partial charge in [0.25, 0.3) is 0 Å². The summed E-state index contributed by atoms with van der Waals surface area (Å²) in [6.45, 7) is 3.44. The van der Waals surface area contributed by atoms with E-state index in [4.69, 9.17) is 4.98 Å². The number of nitrogens with two attached hydrogens (primary N) is 2. The SMILES string of the molecule is C.CCC(=[N-])N(C)CCNc1c2ccccc2nc2ccccc12.[Cl][Pt].[NH2-].[NH2-]. The van der Waals surface area contributed by atoms with Crippen molar-refractivity contribution >= 4 is 42.7 Å². The molecule has 1 heterocycles. The van der Waals surface area contributed by atoms with Crippen LogP contribution in [-0.4, -0.2) is 35.9 Å². The number of amidine groups is 1. The Bertz CT molecular complexity index is 804. The summed E-state index contributed by atoms with van der Waals surface area (Å²) in [5.74, 6) is 0.413. The molecule has 2 aromatic carbocycles. The fraction of sp³-hybridized carbons (Fsp3) is 0.300. The van der Waals surface area contributed by atoms with Crippen molar-refractivity contribution in [3.63, 3.8) is 0 Å². The van der Waals surface area contributed by atoms with Crippen LogP contribution in [0.5, 0.6) is 0 Å². The zero-order chi connectivity index (χ0) is 18.2. The molecule has 1 aromatic heterocycles. The van der Waals surface area contributed by atoms with Crippen molar-refractivity contribution in [2.24, 2.45) is 0 Å². The molecule has 3 aromatic rings. The molecule has 0 aliphatic rings. The Morgan fingerprint density at radius 1 is 1.04 bits per heavy atom. The normalized spacial score (nSPS) is 9.18. The summed E-state index contributed by atoms with van der Waals surface area (Å²) in [7, 11) is 6.52. The summed E-state index contributed by atoms with van der Waals surface area (Å²) >= 11 is 1.61. The predicted octanol–water partition coefficient (Wildman–Crippen LogP) is 6.87. The number of fused-ring (bicyclic) bond motifs is 2. The van der Waals surface area contributed by atoms with Crippen molar-refractivity contribution in [2.75, 3.05) is 25.5 Å². The maximum Gasteiger partial charge on any atom is -0.693 e. The minimum atomic E-state index is 0. The third-order valence-corrected chi connectivity index (χ3v) is 4.09. The Labute approximate surface area is 183 Å². The fourth-order valence-electron chi connectivity index (χ4n) is 2.78. The topological polar surface area (TPSA) is 117 Å². The number of nitrogens with zero attached hydrogens (tertiary/aromatic N) is 3. The molecule has 0 fully saturated rings. The van der Waals surface area contributed by atoms with E-state index in [1.165, 1.54) is 0 Å². The summed E-state index contributed by atoms with van der Waals surface area (Å²) < 4.78 is 0. The quantitative estimate of drug-likeness (QED) is 0.201. The van der Waals surface area contributed by atoms with Gasteiger partial charge < -0.3 is 27.9 Å². The first-order valence-corrected chi connectivity index (χ1v) is 10.9. The van der Waals surface area contributed by atoms with E-state index in [0.29, 0.717) is 12.3 Å². The van der Waals surface area contributed by atoms with E-state index in [-0.39, 0.29) is 19.7 Å². The zero-order valence-corrected chi connectivity index (χ0v) is 18.5. The predicted molar refractivity (Wildman–Crippen MR) is 122 cm³/mol. The van der Waals surface area contributed by atoms with Gasteiger partial charge in [0, 0.05) is 17.3 Å². The second-order valence-corrected chi connectivity index (χ2v) is 5.64. The van der Waals surface area contributed by atoms with Gasteiger partial charge in [-0.2, -0.15) is 0 Å². The van der Waals surface area contributed by atoms with Crippen LogP contribution >= 0.6 is 9.42 Å². The Hall–Kier alpha value is -1.72. The van der Waals surface area contributed by atoms with Crippen molar-refractivity contribution in [2.45, 2.75) is 20.8 Å². The summed E-state index contributed by atoms with van der Waals surface area (Å²) in [6.07, 6.45) is 0.650. The molecule has 0 aliphatic carbocycles. The van der Waals surface area contributed by atoms with E-state index >= 15 is 0 Å². The molecule has 0 unspecified atom stereocenters. The molecule has 3 rings (SSSR count). The molecule has 5 N–H and O–H groups in total. The largest absolute Gasteiger partial charge is 0.693 e. The maximum absolute atomic E-state index is 9.77. The molecule has 0 spiro atoms. The molecule has 0 amide bonds. The van der Waals surface area contributed by atoms with Crippen LogP contribution in [0.4, 0.5) is 5.69 Å². The Morgan fingerprint density at radius 2 is 1.50 bits per heavy atom. The number of halogens is 1. The van der Waals surface area contributed by atoms with Crippen molar-refractivity contribution in [1.82, 2.24) is 9.88 Å². The standard InChI is InChI=1S/C19H21N4.CH4.ClH.2H2N.Pt/c1-3-18(20)23(2)13-12-21-19-14-8-4-6-10-16(14)22-17-11-7-5-9-15(17)19;;;;;/h4-11H,3,12-13H2,1-2H3,(H,21,22);1H4;1H;2*1H2;/q-1;;;2*-1;+1/p-1. The van der Waals surface area contributed by atoms with Gasteiger partial charge >= 0.3 is 28.2 Å². The molecule has 0 saturated carbocycles. The number of anilines is 1. The van der Waals surface area contributed by atoms with Gasteiger partial charge in [-0.1, -0.05) is 63.6 Å². The maximum atomic E-state index is 9.77. The molecule has 0 bridgehead atoms. The number of hydrogen-bond donors (Lipinski definition) is 1. The van der Waals surface area contributed by atoms with Gasteiger partial charge in [0.1, 0.15) is 0 Å². The molecular formula is C20H29ClN6Pt-3. The molecule has 8 heteroatoms. The first-order chi connectivity index (χ1) is 12.2. The van der Waals surface area contributed by atoms with Gasteiger partial charge in [-0.25, -0.2) is 4.98 Å². The minimum absolute atomic E-state index is 0. The molecule has 0 atom stereocenters. The van der Waals surface area contributed by atoms with Crippen LogP contribution in [0, 0.1) is 0 Å². The molecule has 0 radical (unpaired) electrons. The number of likely N-dealkylation sites (N-methyl/N-ethyl adjacent to an activating group) is 1. The third-order valence-electron chi connectivity index (χ3n) is 4.09. The second-order valence-electron chi connectivity index (χ2n) is 5.64. The van der Waals surface area contributed by atoms with Crippen LogP contribution in [0.3, 0.4) is 0 Å². The van der Waals surface area contributed by atoms with Crippen molar-refractivity contribution in [3.05, 3.63) is 66.2 Å². The molecular weight excluding hydrogens is 555 g/mol. The Balaban J connectivity index is 0. The summed E-state index contributed by atoms with van der Waals surface area (Å²) in [4.78, 5) is 6.60. The molecule has 0 saturated heterocycles. The molecule has 28 heavy (non-hydrogen) atoms. The van der Waals surface area contributed by atoms with Gasteiger partial charge in [-0.05, 0) is 25.1 Å². The van der Waals surface area contributed by atoms with Crippen LogP contribution in [-0.2, 0) is 18.8 Å². The van der Waals surface area contributed by atoms with Gasteiger partial charge in [0.2, 0.25) is 0 Å². The number of hydrogen-bond acceptors (Lipinski definition) is 2. The van der Waals surface area contributed by atoms with E-state index in [9.17, 15) is 5.41 Å². The van der Waals surface area contributed by atoms with Gasteiger partial charge in [-0.15, -0.1) is 0 Å². The van der Waals surface area contributed by atoms with Crippen LogP contribution < -0.4 is 5.32 Å². The molecule has 6 nitrogen and oxygen atoms in total. The fourth-order valence-corrected chi connectivity index (χ4v) is 2.78. The van der Waals surface area contributed by atoms with E-state index in [2.05, 4.69) is 26.9 Å². The first kappa shape index (κ1) is 28.5. The third kappa shape index (κ3) is 6.71. The van der Waals surface area contributed by atoms with Crippen molar-refractivity contribution in [1.29, 1.82) is 0 Å². The van der Waals surface area contributed by atoms with Crippen molar-refractivity contribution < 1.29 is 18.8 Å². The first-order valence-electron chi connectivity index (χ1n) is 8.10. The summed E-state index contributed by atoms with van der Waals surface area (Å²) in [6, 6.07) is 16.4.